The molecule has 160 valence electrons. The third-order valence-electron chi connectivity index (χ3n) is 4.95. The number of carbonyl (C=O) groups is 2. The van der Waals surface area contributed by atoms with Gasteiger partial charge < -0.3 is 19.4 Å². The standard InChI is InChI=1S/C21H25ClN4O4/c1-13-9-15(14(2)26(13)16-6-7-19(29-3)18(22)10-16)11-24-25-21(28)20(27)23-12-17-5-4-8-30-17/h6-7,9-11,17H,4-5,8,12H2,1-3H3,(H,23,27)(H,25,28)/b24-11+. The first-order chi connectivity index (χ1) is 14.4. The number of halogens is 1. The minimum Gasteiger partial charge on any atom is -0.495 e. The Morgan fingerprint density at radius 3 is 2.80 bits per heavy atom. The third kappa shape index (κ3) is 5.01. The van der Waals surface area contributed by atoms with Crippen molar-refractivity contribution in [1.29, 1.82) is 0 Å². The van der Waals surface area contributed by atoms with Crippen molar-refractivity contribution in [3.63, 3.8) is 0 Å². The van der Waals surface area contributed by atoms with Crippen LogP contribution in [0.15, 0.2) is 29.4 Å². The molecule has 1 fully saturated rings. The lowest BCUT2D eigenvalue weighted by Crippen LogP contribution is -2.41. The average Bonchev–Trinajstić information content (AvgIpc) is 3.34. The fourth-order valence-corrected chi connectivity index (χ4v) is 3.67. The van der Waals surface area contributed by atoms with Crippen molar-refractivity contribution < 1.29 is 19.1 Å². The van der Waals surface area contributed by atoms with E-state index in [1.54, 1.807) is 13.2 Å². The van der Waals surface area contributed by atoms with Crippen LogP contribution in [0, 0.1) is 13.8 Å². The van der Waals surface area contributed by atoms with E-state index in [1.807, 2.05) is 36.6 Å². The summed E-state index contributed by atoms with van der Waals surface area (Å²) >= 11 is 6.25. The van der Waals surface area contributed by atoms with E-state index < -0.39 is 11.8 Å². The maximum atomic E-state index is 11.9. The molecule has 1 unspecified atom stereocenters. The highest BCUT2D eigenvalue weighted by molar-refractivity contribution is 6.35. The Kier molecular flexibility index (Phi) is 7.12. The number of nitrogens with one attached hydrogen (secondary N) is 2. The molecule has 0 bridgehead atoms. The third-order valence-corrected chi connectivity index (χ3v) is 5.25. The Balaban J connectivity index is 1.63. The smallest absolute Gasteiger partial charge is 0.329 e. The summed E-state index contributed by atoms with van der Waals surface area (Å²) in [6, 6.07) is 7.47. The van der Waals surface area contributed by atoms with Gasteiger partial charge in [-0.2, -0.15) is 5.10 Å². The van der Waals surface area contributed by atoms with E-state index in [-0.39, 0.29) is 6.10 Å². The van der Waals surface area contributed by atoms with E-state index in [1.165, 1.54) is 6.21 Å². The number of hydrogen-bond acceptors (Lipinski definition) is 5. The van der Waals surface area contributed by atoms with Gasteiger partial charge in [0, 0.05) is 35.8 Å². The van der Waals surface area contributed by atoms with Crippen molar-refractivity contribution in [1.82, 2.24) is 15.3 Å². The lowest BCUT2D eigenvalue weighted by Gasteiger charge is -2.11. The zero-order chi connectivity index (χ0) is 21.7. The van der Waals surface area contributed by atoms with Gasteiger partial charge in [-0.05, 0) is 51.0 Å². The van der Waals surface area contributed by atoms with Crippen LogP contribution in [0.2, 0.25) is 5.02 Å². The molecule has 0 aliphatic carbocycles. The summed E-state index contributed by atoms with van der Waals surface area (Å²) in [5, 5.41) is 6.99. The van der Waals surface area contributed by atoms with Crippen molar-refractivity contribution in [3.05, 3.63) is 46.2 Å². The number of hydrogen-bond donors (Lipinski definition) is 2. The van der Waals surface area contributed by atoms with Gasteiger partial charge in [-0.15, -0.1) is 0 Å². The normalized spacial score (nSPS) is 16.1. The quantitative estimate of drug-likeness (QED) is 0.416. The SMILES string of the molecule is COc1ccc(-n2c(C)cc(/C=N/NC(=O)C(=O)NCC3CCCO3)c2C)cc1Cl. The molecule has 1 aliphatic rings. The molecule has 1 aliphatic heterocycles. The molecule has 0 saturated carbocycles. The van der Waals surface area contributed by atoms with Crippen molar-refractivity contribution in [2.75, 3.05) is 20.3 Å². The second-order valence-electron chi connectivity index (χ2n) is 7.02. The van der Waals surface area contributed by atoms with Gasteiger partial charge in [0.05, 0.1) is 24.5 Å². The predicted molar refractivity (Wildman–Crippen MR) is 115 cm³/mol. The van der Waals surface area contributed by atoms with Crippen LogP contribution in [0.25, 0.3) is 5.69 Å². The highest BCUT2D eigenvalue weighted by Crippen LogP contribution is 2.28. The number of rotatable bonds is 6. The number of aryl methyl sites for hydroxylation is 1. The van der Waals surface area contributed by atoms with Gasteiger partial charge in [0.1, 0.15) is 5.75 Å². The second kappa shape index (κ2) is 9.77. The maximum Gasteiger partial charge on any atom is 0.329 e. The van der Waals surface area contributed by atoms with E-state index in [4.69, 9.17) is 21.1 Å². The zero-order valence-electron chi connectivity index (χ0n) is 17.2. The van der Waals surface area contributed by atoms with Crippen LogP contribution in [-0.4, -0.2) is 49.0 Å². The van der Waals surface area contributed by atoms with Gasteiger partial charge in [0.25, 0.3) is 0 Å². The predicted octanol–water partition coefficient (Wildman–Crippen LogP) is 2.50. The Labute approximate surface area is 180 Å². The molecular weight excluding hydrogens is 408 g/mol. The van der Waals surface area contributed by atoms with E-state index in [9.17, 15) is 9.59 Å². The average molecular weight is 433 g/mol. The topological polar surface area (TPSA) is 94.0 Å². The van der Waals surface area contributed by atoms with Crippen LogP contribution >= 0.6 is 11.6 Å². The van der Waals surface area contributed by atoms with Crippen LogP contribution in [0.4, 0.5) is 0 Å². The molecule has 8 nitrogen and oxygen atoms in total. The summed E-state index contributed by atoms with van der Waals surface area (Å²) in [6.45, 7) is 4.90. The highest BCUT2D eigenvalue weighted by atomic mass is 35.5. The Hall–Kier alpha value is -2.84. The molecule has 2 heterocycles. The zero-order valence-corrected chi connectivity index (χ0v) is 18.0. The number of amides is 2. The number of aromatic nitrogens is 1. The Morgan fingerprint density at radius 1 is 1.33 bits per heavy atom. The Morgan fingerprint density at radius 2 is 2.13 bits per heavy atom. The van der Waals surface area contributed by atoms with Gasteiger partial charge in [-0.25, -0.2) is 5.43 Å². The first-order valence-electron chi connectivity index (χ1n) is 9.66. The molecule has 0 radical (unpaired) electrons. The molecular formula is C21H25ClN4O4. The van der Waals surface area contributed by atoms with E-state index in [0.29, 0.717) is 23.9 Å². The number of hydrazone groups is 1. The Bertz CT molecular complexity index is 964. The highest BCUT2D eigenvalue weighted by Gasteiger charge is 2.19. The van der Waals surface area contributed by atoms with Crippen molar-refractivity contribution in [2.45, 2.75) is 32.8 Å². The molecule has 1 aromatic carbocycles. The van der Waals surface area contributed by atoms with Crippen LogP contribution in [0.3, 0.4) is 0 Å². The second-order valence-corrected chi connectivity index (χ2v) is 7.43. The van der Waals surface area contributed by atoms with Gasteiger partial charge in [-0.1, -0.05) is 11.6 Å². The summed E-state index contributed by atoms with van der Waals surface area (Å²) in [6.07, 6.45) is 3.34. The molecule has 3 rings (SSSR count). The van der Waals surface area contributed by atoms with E-state index in [2.05, 4.69) is 15.8 Å². The number of methoxy groups -OCH3 is 1. The molecule has 2 aromatic rings. The number of carbonyl (C=O) groups excluding carboxylic acids is 2. The monoisotopic (exact) mass is 432 g/mol. The first kappa shape index (κ1) is 21.9. The number of benzene rings is 1. The summed E-state index contributed by atoms with van der Waals surface area (Å²) in [4.78, 5) is 23.8. The van der Waals surface area contributed by atoms with Crippen molar-refractivity contribution >= 4 is 29.6 Å². The lowest BCUT2D eigenvalue weighted by molar-refractivity contribution is -0.139. The fourth-order valence-electron chi connectivity index (χ4n) is 3.41. The van der Waals surface area contributed by atoms with E-state index in [0.717, 1.165) is 35.5 Å². The van der Waals surface area contributed by atoms with Gasteiger partial charge in [0.15, 0.2) is 0 Å². The van der Waals surface area contributed by atoms with Crippen LogP contribution < -0.4 is 15.5 Å². The number of nitrogens with zero attached hydrogens (tertiary/aromatic N) is 2. The summed E-state index contributed by atoms with van der Waals surface area (Å²) < 4.78 is 12.6. The van der Waals surface area contributed by atoms with Gasteiger partial charge in [-0.3, -0.25) is 9.59 Å². The van der Waals surface area contributed by atoms with Gasteiger partial charge >= 0.3 is 11.8 Å². The van der Waals surface area contributed by atoms with Gasteiger partial charge in [0.2, 0.25) is 0 Å². The fraction of sp³-hybridized carbons (Fsp3) is 0.381. The van der Waals surface area contributed by atoms with Crippen LogP contribution in [0.5, 0.6) is 5.75 Å². The molecule has 1 saturated heterocycles. The van der Waals surface area contributed by atoms with Crippen molar-refractivity contribution in [2.24, 2.45) is 5.10 Å². The van der Waals surface area contributed by atoms with Crippen LogP contribution in [-0.2, 0) is 14.3 Å². The largest absolute Gasteiger partial charge is 0.495 e. The molecule has 30 heavy (non-hydrogen) atoms. The maximum absolute atomic E-state index is 11.9. The molecule has 1 atom stereocenters. The molecule has 9 heteroatoms. The van der Waals surface area contributed by atoms with Crippen molar-refractivity contribution in [3.8, 4) is 11.4 Å². The molecule has 2 N–H and O–H groups in total. The summed E-state index contributed by atoms with van der Waals surface area (Å²) in [5.74, 6) is -0.953. The molecule has 1 aromatic heterocycles. The lowest BCUT2D eigenvalue weighted by atomic mass is 10.2. The molecule has 0 spiro atoms. The first-order valence-corrected chi connectivity index (χ1v) is 10.0. The van der Waals surface area contributed by atoms with E-state index >= 15 is 0 Å². The number of ether oxygens (including phenoxy) is 2. The minimum absolute atomic E-state index is 0.0258. The molecule has 2 amide bonds. The minimum atomic E-state index is -0.819. The van der Waals surface area contributed by atoms with Crippen LogP contribution in [0.1, 0.15) is 29.8 Å². The summed E-state index contributed by atoms with van der Waals surface area (Å²) in [7, 11) is 1.57. The summed E-state index contributed by atoms with van der Waals surface area (Å²) in [5.41, 5.74) is 5.82.